The van der Waals surface area contributed by atoms with Crippen molar-refractivity contribution in [3.63, 3.8) is 0 Å². The molecule has 3 nitrogen and oxygen atoms in total. The van der Waals surface area contributed by atoms with Crippen LogP contribution in [0, 0.1) is 0 Å². The molecule has 4 heteroatoms. The molecule has 1 atom stereocenters. The first kappa shape index (κ1) is 10.4. The number of hydrogen-bond donors (Lipinski definition) is 2. The van der Waals surface area contributed by atoms with Crippen molar-refractivity contribution in [3.8, 4) is 0 Å². The standard InChI is InChI=1S/C13H12N2OS/c14-12-11(9-5-2-1-3-6-9)15-13(17-12)10-7-4-8-16-10/h1-8,13,15H,14H2. The van der Waals surface area contributed by atoms with E-state index in [0.717, 1.165) is 22.0 Å². The molecule has 0 radical (unpaired) electrons. The van der Waals surface area contributed by atoms with Gasteiger partial charge >= 0.3 is 0 Å². The third-order valence-corrected chi connectivity index (χ3v) is 3.67. The zero-order chi connectivity index (χ0) is 11.7. The summed E-state index contributed by atoms with van der Waals surface area (Å²) in [6, 6.07) is 13.9. The Morgan fingerprint density at radius 3 is 2.65 bits per heavy atom. The lowest BCUT2D eigenvalue weighted by Crippen LogP contribution is -2.11. The van der Waals surface area contributed by atoms with E-state index in [1.165, 1.54) is 0 Å². The quantitative estimate of drug-likeness (QED) is 0.853. The van der Waals surface area contributed by atoms with E-state index in [4.69, 9.17) is 10.2 Å². The second-order valence-electron chi connectivity index (χ2n) is 3.76. The van der Waals surface area contributed by atoms with Crippen molar-refractivity contribution in [2.75, 3.05) is 0 Å². The molecule has 2 aromatic rings. The molecular formula is C13H12N2OS. The number of benzene rings is 1. The predicted molar refractivity (Wildman–Crippen MR) is 69.7 cm³/mol. The average Bonchev–Trinajstić information content (AvgIpc) is 2.99. The summed E-state index contributed by atoms with van der Waals surface area (Å²) >= 11 is 1.58. The molecule has 1 aliphatic rings. The number of hydrogen-bond acceptors (Lipinski definition) is 4. The van der Waals surface area contributed by atoms with Crippen LogP contribution in [-0.4, -0.2) is 0 Å². The summed E-state index contributed by atoms with van der Waals surface area (Å²) in [5.41, 5.74) is 8.13. The summed E-state index contributed by atoms with van der Waals surface area (Å²) in [6.45, 7) is 0. The average molecular weight is 244 g/mol. The van der Waals surface area contributed by atoms with E-state index in [2.05, 4.69) is 5.32 Å². The van der Waals surface area contributed by atoms with Gasteiger partial charge in [0, 0.05) is 5.56 Å². The number of nitrogens with one attached hydrogen (secondary N) is 1. The minimum atomic E-state index is 0.0696. The van der Waals surface area contributed by atoms with Crippen LogP contribution >= 0.6 is 11.8 Å². The second-order valence-corrected chi connectivity index (χ2v) is 4.91. The lowest BCUT2D eigenvalue weighted by Gasteiger charge is -2.09. The number of furan rings is 1. The molecule has 17 heavy (non-hydrogen) atoms. The lowest BCUT2D eigenvalue weighted by atomic mass is 10.1. The van der Waals surface area contributed by atoms with E-state index < -0.39 is 0 Å². The Hall–Kier alpha value is -1.81. The van der Waals surface area contributed by atoms with Crippen molar-refractivity contribution >= 4 is 17.5 Å². The van der Waals surface area contributed by atoms with E-state index in [1.54, 1.807) is 18.0 Å². The van der Waals surface area contributed by atoms with Gasteiger partial charge in [-0.1, -0.05) is 42.1 Å². The minimum absolute atomic E-state index is 0.0696. The second kappa shape index (κ2) is 4.22. The molecule has 1 aromatic carbocycles. The van der Waals surface area contributed by atoms with Crippen molar-refractivity contribution in [1.29, 1.82) is 0 Å². The van der Waals surface area contributed by atoms with Crippen molar-refractivity contribution in [2.24, 2.45) is 5.73 Å². The van der Waals surface area contributed by atoms with Gasteiger partial charge < -0.3 is 15.5 Å². The maximum atomic E-state index is 6.05. The Labute approximate surface area is 104 Å². The monoisotopic (exact) mass is 244 g/mol. The van der Waals surface area contributed by atoms with Crippen LogP contribution in [0.15, 0.2) is 58.2 Å². The normalized spacial score (nSPS) is 19.4. The van der Waals surface area contributed by atoms with E-state index in [1.807, 2.05) is 42.5 Å². The highest BCUT2D eigenvalue weighted by molar-refractivity contribution is 8.03. The van der Waals surface area contributed by atoms with Gasteiger partial charge in [-0.3, -0.25) is 0 Å². The van der Waals surface area contributed by atoms with Crippen LogP contribution < -0.4 is 11.1 Å². The van der Waals surface area contributed by atoms with Crippen LogP contribution in [0.25, 0.3) is 5.70 Å². The van der Waals surface area contributed by atoms with E-state index in [9.17, 15) is 0 Å². The van der Waals surface area contributed by atoms with Crippen LogP contribution in [0.3, 0.4) is 0 Å². The summed E-state index contributed by atoms with van der Waals surface area (Å²) < 4.78 is 5.38. The van der Waals surface area contributed by atoms with Crippen molar-refractivity contribution in [1.82, 2.24) is 5.32 Å². The molecule has 1 unspecified atom stereocenters. The summed E-state index contributed by atoms with van der Waals surface area (Å²) in [5.74, 6) is 0.892. The zero-order valence-corrected chi connectivity index (χ0v) is 9.91. The Morgan fingerprint density at radius 2 is 1.94 bits per heavy atom. The molecule has 3 N–H and O–H groups in total. The molecule has 0 amide bonds. The van der Waals surface area contributed by atoms with Crippen LogP contribution in [0.4, 0.5) is 0 Å². The molecule has 0 saturated carbocycles. The van der Waals surface area contributed by atoms with Gasteiger partial charge in [-0.15, -0.1) is 0 Å². The van der Waals surface area contributed by atoms with Gasteiger partial charge in [0.05, 0.1) is 17.0 Å². The van der Waals surface area contributed by atoms with E-state index in [-0.39, 0.29) is 5.37 Å². The van der Waals surface area contributed by atoms with Gasteiger partial charge in [0.2, 0.25) is 0 Å². The minimum Gasteiger partial charge on any atom is -0.466 e. The fourth-order valence-corrected chi connectivity index (χ4v) is 2.79. The number of thioether (sulfide) groups is 1. The van der Waals surface area contributed by atoms with Crippen molar-refractivity contribution in [3.05, 3.63) is 65.1 Å². The predicted octanol–water partition coefficient (Wildman–Crippen LogP) is 2.90. The molecule has 0 fully saturated rings. The summed E-state index contributed by atoms with van der Waals surface area (Å²) in [4.78, 5) is 0. The van der Waals surface area contributed by atoms with E-state index in [0.29, 0.717) is 0 Å². The maximum absolute atomic E-state index is 6.05. The van der Waals surface area contributed by atoms with Gasteiger partial charge in [-0.25, -0.2) is 0 Å². The molecule has 0 saturated heterocycles. The Bertz CT molecular complexity index is 534. The third kappa shape index (κ3) is 1.91. The summed E-state index contributed by atoms with van der Waals surface area (Å²) in [5, 5.41) is 4.26. The molecule has 86 valence electrons. The fraction of sp³-hybridized carbons (Fsp3) is 0.0769. The first-order valence-corrected chi connectivity index (χ1v) is 6.24. The highest BCUT2D eigenvalue weighted by Crippen LogP contribution is 2.40. The van der Waals surface area contributed by atoms with Crippen LogP contribution in [0.2, 0.25) is 0 Å². The molecular weight excluding hydrogens is 232 g/mol. The lowest BCUT2D eigenvalue weighted by molar-refractivity contribution is 0.498. The molecule has 3 rings (SSSR count). The van der Waals surface area contributed by atoms with Gasteiger partial charge in [-0.05, 0) is 12.1 Å². The fourth-order valence-electron chi connectivity index (χ4n) is 1.82. The Morgan fingerprint density at radius 1 is 1.12 bits per heavy atom. The van der Waals surface area contributed by atoms with Crippen LogP contribution in [0.1, 0.15) is 16.7 Å². The SMILES string of the molecule is NC1=C(c2ccccc2)NC(c2ccco2)S1. The molecule has 0 spiro atoms. The third-order valence-electron chi connectivity index (χ3n) is 2.63. The number of rotatable bonds is 2. The summed E-state index contributed by atoms with van der Waals surface area (Å²) in [6.07, 6.45) is 1.67. The maximum Gasteiger partial charge on any atom is 0.137 e. The highest BCUT2D eigenvalue weighted by atomic mass is 32.2. The molecule has 0 bridgehead atoms. The topological polar surface area (TPSA) is 51.2 Å². The molecule has 0 aliphatic carbocycles. The summed E-state index contributed by atoms with van der Waals surface area (Å²) in [7, 11) is 0. The first-order valence-electron chi connectivity index (χ1n) is 5.36. The van der Waals surface area contributed by atoms with Crippen molar-refractivity contribution < 1.29 is 4.42 Å². The largest absolute Gasteiger partial charge is 0.466 e. The van der Waals surface area contributed by atoms with Crippen LogP contribution in [-0.2, 0) is 0 Å². The Balaban J connectivity index is 1.86. The van der Waals surface area contributed by atoms with Gasteiger partial charge in [0.15, 0.2) is 0 Å². The zero-order valence-electron chi connectivity index (χ0n) is 9.09. The van der Waals surface area contributed by atoms with Crippen LogP contribution in [0.5, 0.6) is 0 Å². The Kier molecular flexibility index (Phi) is 2.57. The highest BCUT2D eigenvalue weighted by Gasteiger charge is 2.26. The molecule has 1 aromatic heterocycles. The van der Waals surface area contributed by atoms with Gasteiger partial charge in [0.1, 0.15) is 11.1 Å². The molecule has 1 aliphatic heterocycles. The molecule has 2 heterocycles. The van der Waals surface area contributed by atoms with Gasteiger partial charge in [-0.2, -0.15) is 0 Å². The van der Waals surface area contributed by atoms with Gasteiger partial charge in [0.25, 0.3) is 0 Å². The number of nitrogens with two attached hydrogens (primary N) is 1. The first-order chi connectivity index (χ1) is 8.34. The van der Waals surface area contributed by atoms with Crippen molar-refractivity contribution in [2.45, 2.75) is 5.37 Å². The van der Waals surface area contributed by atoms with E-state index >= 15 is 0 Å². The smallest absolute Gasteiger partial charge is 0.137 e.